The Balaban J connectivity index is 1.35. The van der Waals surface area contributed by atoms with Gasteiger partial charge in [-0.25, -0.2) is 4.79 Å². The molecule has 2 aliphatic rings. The predicted molar refractivity (Wildman–Crippen MR) is 141 cm³/mol. The van der Waals surface area contributed by atoms with E-state index < -0.39 is 0 Å². The number of likely N-dealkylation sites (tertiary alicyclic amines) is 2. The molecule has 3 amide bonds. The Bertz CT molecular complexity index is 1020. The number of thiophene rings is 1. The highest BCUT2D eigenvalue weighted by atomic mass is 32.1. The third-order valence-corrected chi connectivity index (χ3v) is 8.08. The van der Waals surface area contributed by atoms with Crippen LogP contribution in [0.5, 0.6) is 0 Å². The highest BCUT2D eigenvalue weighted by Gasteiger charge is 2.42. The number of nitrogens with zero attached hydrogens (tertiary/aromatic N) is 2. The first kappa shape index (κ1) is 24.5. The summed E-state index contributed by atoms with van der Waals surface area (Å²) < 4.78 is 0. The minimum absolute atomic E-state index is 0.0135. The second kappa shape index (κ2) is 10.8. The van der Waals surface area contributed by atoms with Gasteiger partial charge in [0, 0.05) is 37.9 Å². The molecule has 1 aromatic heterocycles. The number of hydrogen-bond acceptors (Lipinski definition) is 3. The standard InChI is InChI=1S/C28H37N3O2S/c1-4-6-23-7-5-8-24(21(2)3)26(23)29-27(33)31-17-14-28(20-31)12-15-30(16-13-28)25(32)10-9-22-11-18-34-19-22/h5,7-11,18-19,21H,4,6,12-17,20H2,1-3H3,(H,29,33). The average Bonchev–Trinajstić information content (AvgIpc) is 3.50. The molecule has 2 aromatic rings. The lowest BCUT2D eigenvalue weighted by atomic mass is 9.78. The Morgan fingerprint density at radius 1 is 1.12 bits per heavy atom. The van der Waals surface area contributed by atoms with E-state index in [9.17, 15) is 9.59 Å². The van der Waals surface area contributed by atoms with Gasteiger partial charge in [0.05, 0.1) is 0 Å². The summed E-state index contributed by atoms with van der Waals surface area (Å²) in [6, 6.07) is 8.40. The van der Waals surface area contributed by atoms with Crippen LogP contribution in [0.2, 0.25) is 0 Å². The van der Waals surface area contributed by atoms with Crippen LogP contribution in [0.3, 0.4) is 0 Å². The summed E-state index contributed by atoms with van der Waals surface area (Å²) >= 11 is 1.63. The van der Waals surface area contributed by atoms with Crippen molar-refractivity contribution in [2.24, 2.45) is 5.41 Å². The van der Waals surface area contributed by atoms with Gasteiger partial charge in [0.2, 0.25) is 5.91 Å². The van der Waals surface area contributed by atoms with Gasteiger partial charge in [0.1, 0.15) is 0 Å². The second-order valence-electron chi connectivity index (χ2n) is 10.1. The molecule has 1 spiro atoms. The molecular weight excluding hydrogens is 442 g/mol. The third-order valence-electron chi connectivity index (χ3n) is 7.38. The number of hydrogen-bond donors (Lipinski definition) is 1. The fourth-order valence-electron chi connectivity index (χ4n) is 5.28. The molecule has 0 atom stereocenters. The molecule has 2 fully saturated rings. The monoisotopic (exact) mass is 479 g/mol. The van der Waals surface area contributed by atoms with E-state index in [-0.39, 0.29) is 17.4 Å². The molecule has 1 N–H and O–H groups in total. The van der Waals surface area contributed by atoms with Crippen molar-refractivity contribution in [1.29, 1.82) is 0 Å². The van der Waals surface area contributed by atoms with Crippen molar-refractivity contribution in [1.82, 2.24) is 9.80 Å². The van der Waals surface area contributed by atoms with Crippen molar-refractivity contribution in [2.45, 2.75) is 58.8 Å². The van der Waals surface area contributed by atoms with Gasteiger partial charge in [-0.05, 0) is 76.6 Å². The number of piperidine rings is 1. The van der Waals surface area contributed by atoms with Crippen LogP contribution in [-0.4, -0.2) is 47.9 Å². The average molecular weight is 480 g/mol. The highest BCUT2D eigenvalue weighted by molar-refractivity contribution is 7.08. The fraction of sp³-hybridized carbons (Fsp3) is 0.500. The maximum atomic E-state index is 13.3. The molecule has 4 rings (SSSR count). The highest BCUT2D eigenvalue weighted by Crippen LogP contribution is 2.41. The number of urea groups is 1. The minimum Gasteiger partial charge on any atom is -0.339 e. The number of carbonyl (C=O) groups excluding carboxylic acids is 2. The largest absolute Gasteiger partial charge is 0.339 e. The molecule has 182 valence electrons. The molecule has 6 heteroatoms. The first-order valence-corrected chi connectivity index (χ1v) is 13.5. The smallest absolute Gasteiger partial charge is 0.321 e. The molecule has 0 radical (unpaired) electrons. The first-order chi connectivity index (χ1) is 16.4. The van der Waals surface area contributed by atoms with E-state index in [1.807, 2.05) is 32.7 Å². The zero-order chi connectivity index (χ0) is 24.1. The molecule has 3 heterocycles. The number of amides is 3. The third kappa shape index (κ3) is 5.54. The van der Waals surface area contributed by atoms with Gasteiger partial charge in [-0.15, -0.1) is 0 Å². The number of carbonyl (C=O) groups is 2. The fourth-order valence-corrected chi connectivity index (χ4v) is 5.91. The van der Waals surface area contributed by atoms with Crippen LogP contribution in [0.25, 0.3) is 6.08 Å². The van der Waals surface area contributed by atoms with E-state index in [1.54, 1.807) is 17.4 Å². The maximum Gasteiger partial charge on any atom is 0.321 e. The van der Waals surface area contributed by atoms with Gasteiger partial charge in [-0.1, -0.05) is 45.4 Å². The summed E-state index contributed by atoms with van der Waals surface area (Å²) in [6.07, 6.45) is 8.53. The SMILES string of the molecule is CCCc1cccc(C(C)C)c1NC(=O)N1CCC2(CCN(C(=O)C=Cc3ccsc3)CC2)C1. The second-order valence-corrected chi connectivity index (χ2v) is 10.9. The zero-order valence-corrected chi connectivity index (χ0v) is 21.5. The van der Waals surface area contributed by atoms with Crippen LogP contribution < -0.4 is 5.32 Å². The number of aryl methyl sites for hydroxylation is 1. The van der Waals surface area contributed by atoms with Crippen LogP contribution in [-0.2, 0) is 11.2 Å². The topological polar surface area (TPSA) is 52.7 Å². The van der Waals surface area contributed by atoms with E-state index in [2.05, 4.69) is 44.3 Å². The predicted octanol–water partition coefficient (Wildman–Crippen LogP) is 6.38. The van der Waals surface area contributed by atoms with Crippen LogP contribution in [0.15, 0.2) is 41.1 Å². The first-order valence-electron chi connectivity index (χ1n) is 12.6. The van der Waals surface area contributed by atoms with Gasteiger partial charge in [0.25, 0.3) is 0 Å². The van der Waals surface area contributed by atoms with Crippen LogP contribution in [0.4, 0.5) is 10.5 Å². The van der Waals surface area contributed by atoms with Crippen molar-refractivity contribution >= 4 is 35.0 Å². The molecule has 34 heavy (non-hydrogen) atoms. The molecule has 2 saturated heterocycles. The van der Waals surface area contributed by atoms with Crippen LogP contribution in [0, 0.1) is 5.41 Å². The lowest BCUT2D eigenvalue weighted by Gasteiger charge is -2.39. The summed E-state index contributed by atoms with van der Waals surface area (Å²) in [4.78, 5) is 29.8. The summed E-state index contributed by atoms with van der Waals surface area (Å²) in [5, 5.41) is 7.34. The molecule has 0 saturated carbocycles. The molecule has 1 aromatic carbocycles. The van der Waals surface area contributed by atoms with Crippen molar-refractivity contribution in [2.75, 3.05) is 31.5 Å². The molecule has 5 nitrogen and oxygen atoms in total. The summed E-state index contributed by atoms with van der Waals surface area (Å²) in [6.45, 7) is 9.61. The van der Waals surface area contributed by atoms with E-state index in [4.69, 9.17) is 0 Å². The Morgan fingerprint density at radius 3 is 2.50 bits per heavy atom. The van der Waals surface area contributed by atoms with Gasteiger partial charge in [0.15, 0.2) is 0 Å². The number of benzene rings is 1. The van der Waals surface area contributed by atoms with E-state index in [0.29, 0.717) is 5.92 Å². The Kier molecular flexibility index (Phi) is 7.77. The number of rotatable bonds is 6. The lowest BCUT2D eigenvalue weighted by molar-refractivity contribution is -0.128. The lowest BCUT2D eigenvalue weighted by Crippen LogP contribution is -2.44. The van der Waals surface area contributed by atoms with E-state index >= 15 is 0 Å². The Morgan fingerprint density at radius 2 is 1.85 bits per heavy atom. The molecule has 0 unspecified atom stereocenters. The minimum atomic E-state index is 0.0135. The van der Waals surface area contributed by atoms with E-state index in [1.165, 1.54) is 11.1 Å². The number of para-hydroxylation sites is 1. The molecule has 2 aliphatic heterocycles. The number of anilines is 1. The quantitative estimate of drug-likeness (QED) is 0.489. The number of nitrogens with one attached hydrogen (secondary N) is 1. The summed E-state index contributed by atoms with van der Waals surface area (Å²) in [5.74, 6) is 0.440. The molecular formula is C28H37N3O2S. The van der Waals surface area contributed by atoms with Crippen molar-refractivity contribution in [3.8, 4) is 0 Å². The molecule has 0 aliphatic carbocycles. The van der Waals surface area contributed by atoms with E-state index in [0.717, 1.165) is 69.5 Å². The Hall–Kier alpha value is -2.60. The van der Waals surface area contributed by atoms with Crippen molar-refractivity contribution in [3.63, 3.8) is 0 Å². The van der Waals surface area contributed by atoms with Gasteiger partial charge < -0.3 is 15.1 Å². The zero-order valence-electron chi connectivity index (χ0n) is 20.7. The molecule has 0 bridgehead atoms. The maximum absolute atomic E-state index is 13.3. The van der Waals surface area contributed by atoms with Crippen molar-refractivity contribution < 1.29 is 9.59 Å². The van der Waals surface area contributed by atoms with Crippen LogP contribution >= 0.6 is 11.3 Å². The normalized spacial score (nSPS) is 17.8. The van der Waals surface area contributed by atoms with Gasteiger partial charge in [-0.2, -0.15) is 11.3 Å². The van der Waals surface area contributed by atoms with Crippen LogP contribution in [0.1, 0.15) is 69.1 Å². The van der Waals surface area contributed by atoms with Gasteiger partial charge >= 0.3 is 6.03 Å². The Labute approximate surface area is 207 Å². The van der Waals surface area contributed by atoms with Gasteiger partial charge in [-0.3, -0.25) is 4.79 Å². The van der Waals surface area contributed by atoms with Crippen molar-refractivity contribution in [3.05, 3.63) is 57.8 Å². The summed E-state index contributed by atoms with van der Waals surface area (Å²) in [5.41, 5.74) is 4.64. The summed E-state index contributed by atoms with van der Waals surface area (Å²) in [7, 11) is 0.